The van der Waals surface area contributed by atoms with Gasteiger partial charge < -0.3 is 39.9 Å². The molecule has 304 valence electrons. The van der Waals surface area contributed by atoms with E-state index in [0.717, 1.165) is 92.8 Å². The van der Waals surface area contributed by atoms with Gasteiger partial charge in [-0.2, -0.15) is 0 Å². The number of likely N-dealkylation sites (tertiary alicyclic amines) is 2. The number of carbonyl (C=O) groups excluding carboxylic acids is 4. The van der Waals surface area contributed by atoms with Crippen LogP contribution in [0.25, 0.3) is 11.3 Å². The van der Waals surface area contributed by atoms with Gasteiger partial charge in [0, 0.05) is 30.9 Å². The van der Waals surface area contributed by atoms with Gasteiger partial charge >= 0.3 is 12.2 Å². The first-order valence-electron chi connectivity index (χ1n) is 20.6. The minimum absolute atomic E-state index is 0.0287. The molecule has 0 spiro atoms. The van der Waals surface area contributed by atoms with Crippen LogP contribution < -0.4 is 10.6 Å². The van der Waals surface area contributed by atoms with Crippen molar-refractivity contribution in [3.8, 4) is 11.3 Å². The molecule has 1 saturated carbocycles. The fraction of sp³-hybridized carbons (Fsp3) is 0.619. The second kappa shape index (κ2) is 18.4. The summed E-state index contributed by atoms with van der Waals surface area (Å²) in [7, 11) is 2.62. The zero-order valence-electron chi connectivity index (χ0n) is 33.8. The quantitative estimate of drug-likeness (QED) is 0.142. The molecule has 3 aliphatic rings. The molecule has 2 saturated heterocycles. The van der Waals surface area contributed by atoms with Crippen molar-refractivity contribution in [3.63, 3.8) is 0 Å². The fourth-order valence-corrected chi connectivity index (χ4v) is 8.78. The predicted octanol–water partition coefficient (Wildman–Crippen LogP) is 7.11. The van der Waals surface area contributed by atoms with Crippen molar-refractivity contribution in [2.75, 3.05) is 27.3 Å². The largest absolute Gasteiger partial charge is 0.453 e. The summed E-state index contributed by atoms with van der Waals surface area (Å²) in [5.41, 5.74) is 4.42. The Morgan fingerprint density at radius 2 is 1.20 bits per heavy atom. The van der Waals surface area contributed by atoms with Crippen molar-refractivity contribution in [1.29, 1.82) is 0 Å². The molecule has 0 radical (unpaired) electrons. The number of nitrogens with one attached hydrogen (secondary N) is 4. The molecule has 0 unspecified atom stereocenters. The molecule has 4 amide bonds. The maximum Gasteiger partial charge on any atom is 0.407 e. The molecule has 14 heteroatoms. The van der Waals surface area contributed by atoms with E-state index in [1.54, 1.807) is 0 Å². The Morgan fingerprint density at radius 1 is 0.714 bits per heavy atom. The number of hydrogen-bond donors (Lipinski definition) is 4. The first-order valence-corrected chi connectivity index (χ1v) is 20.6. The molecule has 2 aliphatic heterocycles. The van der Waals surface area contributed by atoms with Crippen molar-refractivity contribution in [3.05, 3.63) is 59.6 Å². The SMILES string of the molecule is CC[C@H](C)[C@H](NC(=O)OC)C(=O)N1CCC[C@H]1c1ncc(-c2ccc([C@H]3CC[C@H](c4cnc([C@@H]5CCCN5C(=O)[C@@H](NC(=O)OC)[C@@H](C)CC)[nH]4)CC3)cc2)[nH]1. The van der Waals surface area contributed by atoms with Crippen LogP contribution in [0.4, 0.5) is 9.59 Å². The molecule has 4 heterocycles. The first kappa shape index (κ1) is 40.8. The Balaban J connectivity index is 1.05. The van der Waals surface area contributed by atoms with Crippen LogP contribution in [0.2, 0.25) is 0 Å². The number of rotatable bonds is 13. The van der Waals surface area contributed by atoms with Gasteiger partial charge in [-0.3, -0.25) is 9.59 Å². The lowest BCUT2D eigenvalue weighted by atomic mass is 9.77. The normalized spacial score (nSPS) is 23.2. The van der Waals surface area contributed by atoms with E-state index in [1.165, 1.54) is 19.8 Å². The highest BCUT2D eigenvalue weighted by atomic mass is 16.5. The molecule has 56 heavy (non-hydrogen) atoms. The Bertz CT molecular complexity index is 1800. The van der Waals surface area contributed by atoms with Crippen LogP contribution in [-0.2, 0) is 19.1 Å². The Morgan fingerprint density at radius 3 is 1.70 bits per heavy atom. The van der Waals surface area contributed by atoms with E-state index in [1.807, 2.05) is 49.9 Å². The number of benzene rings is 1. The number of carbonyl (C=O) groups is 4. The number of ether oxygens (including phenoxy) is 2. The van der Waals surface area contributed by atoms with Crippen LogP contribution in [0.15, 0.2) is 36.7 Å². The zero-order valence-corrected chi connectivity index (χ0v) is 33.8. The number of nitrogens with zero attached hydrogens (tertiary/aromatic N) is 4. The Labute approximate surface area is 330 Å². The van der Waals surface area contributed by atoms with Gasteiger partial charge in [0.05, 0.1) is 38.2 Å². The summed E-state index contributed by atoms with van der Waals surface area (Å²) in [4.78, 5) is 71.9. The summed E-state index contributed by atoms with van der Waals surface area (Å²) in [6.45, 7) is 9.22. The number of amides is 4. The molecule has 0 bridgehead atoms. The third-order valence-corrected chi connectivity index (χ3v) is 12.6. The van der Waals surface area contributed by atoms with Crippen LogP contribution in [0.1, 0.15) is 139 Å². The first-order chi connectivity index (χ1) is 27.1. The van der Waals surface area contributed by atoms with E-state index in [0.29, 0.717) is 24.9 Å². The summed E-state index contributed by atoms with van der Waals surface area (Å²) in [6.07, 6.45) is 11.7. The molecular weight excluding hydrogens is 713 g/mol. The van der Waals surface area contributed by atoms with E-state index in [-0.39, 0.29) is 35.7 Å². The number of imidazole rings is 2. The van der Waals surface area contributed by atoms with E-state index < -0.39 is 24.3 Å². The van der Waals surface area contributed by atoms with E-state index >= 15 is 0 Å². The highest BCUT2D eigenvalue weighted by molar-refractivity contribution is 5.87. The van der Waals surface area contributed by atoms with Crippen molar-refractivity contribution < 1.29 is 28.7 Å². The van der Waals surface area contributed by atoms with Crippen molar-refractivity contribution in [2.24, 2.45) is 11.8 Å². The molecule has 6 atom stereocenters. The molecule has 1 aromatic carbocycles. The van der Waals surface area contributed by atoms with Gasteiger partial charge in [-0.05, 0) is 80.2 Å². The van der Waals surface area contributed by atoms with Gasteiger partial charge in [-0.25, -0.2) is 19.6 Å². The minimum atomic E-state index is -0.658. The molecule has 14 nitrogen and oxygen atoms in total. The Hall–Kier alpha value is -4.88. The molecular formula is C42H60N8O6. The van der Waals surface area contributed by atoms with Gasteiger partial charge in [0.25, 0.3) is 0 Å². The van der Waals surface area contributed by atoms with Crippen molar-refractivity contribution in [1.82, 2.24) is 40.4 Å². The summed E-state index contributed by atoms with van der Waals surface area (Å²) >= 11 is 0. The van der Waals surface area contributed by atoms with E-state index in [2.05, 4.69) is 44.9 Å². The second-order valence-corrected chi connectivity index (χ2v) is 16.0. The number of aromatic amines is 2. The standard InChI is InChI=1S/C42H60N8O6/c1-7-25(3)35(47-41(53)55-5)39(51)49-21-9-11-33(49)37-43-23-31(45-37)29-17-13-27(14-18-29)28-15-19-30(20-16-28)32-24-44-38(46-32)34-12-10-22-50(34)40(52)36(26(4)8-2)48-42(54)56-6/h13-14,17-18,23-26,28,30,33-36H,7-12,15-16,19-22H2,1-6H3,(H,43,45)(H,44,46)(H,47,53)(H,48,54)/t25-,26-,28-,30-,33-,34-,35-,36-/m0/s1. The summed E-state index contributed by atoms with van der Waals surface area (Å²) in [6, 6.07) is 7.13. The molecule has 3 aromatic rings. The summed E-state index contributed by atoms with van der Waals surface area (Å²) in [5, 5.41) is 5.53. The maximum absolute atomic E-state index is 13.7. The molecule has 6 rings (SSSR count). The Kier molecular flexibility index (Phi) is 13.4. The van der Waals surface area contributed by atoms with Crippen LogP contribution in [0.3, 0.4) is 0 Å². The van der Waals surface area contributed by atoms with Crippen LogP contribution >= 0.6 is 0 Å². The number of methoxy groups -OCH3 is 2. The van der Waals surface area contributed by atoms with Gasteiger partial charge in [0.15, 0.2) is 0 Å². The number of hydrogen-bond acceptors (Lipinski definition) is 8. The fourth-order valence-electron chi connectivity index (χ4n) is 8.78. The molecule has 1 aliphatic carbocycles. The molecule has 2 aromatic heterocycles. The smallest absolute Gasteiger partial charge is 0.407 e. The zero-order chi connectivity index (χ0) is 39.9. The molecule has 4 N–H and O–H groups in total. The highest BCUT2D eigenvalue weighted by Gasteiger charge is 2.40. The average Bonchev–Trinajstić information content (AvgIpc) is 4.08. The van der Waals surface area contributed by atoms with Crippen molar-refractivity contribution in [2.45, 2.75) is 128 Å². The van der Waals surface area contributed by atoms with Gasteiger partial charge in [-0.15, -0.1) is 0 Å². The highest BCUT2D eigenvalue weighted by Crippen LogP contribution is 2.41. The number of H-pyrrole nitrogens is 2. The predicted molar refractivity (Wildman–Crippen MR) is 212 cm³/mol. The lowest BCUT2D eigenvalue weighted by Gasteiger charge is -2.31. The lowest BCUT2D eigenvalue weighted by molar-refractivity contribution is -0.136. The minimum Gasteiger partial charge on any atom is -0.453 e. The topological polar surface area (TPSA) is 175 Å². The maximum atomic E-state index is 13.7. The van der Waals surface area contributed by atoms with Gasteiger partial charge in [-0.1, -0.05) is 64.8 Å². The average molecular weight is 773 g/mol. The van der Waals surface area contributed by atoms with Gasteiger partial charge in [0.2, 0.25) is 11.8 Å². The summed E-state index contributed by atoms with van der Waals surface area (Å²) in [5.74, 6) is 2.18. The van der Waals surface area contributed by atoms with Crippen LogP contribution in [-0.4, -0.2) is 93.1 Å². The lowest BCUT2D eigenvalue weighted by Crippen LogP contribution is -2.51. The second-order valence-electron chi connectivity index (χ2n) is 16.0. The van der Waals surface area contributed by atoms with Crippen LogP contribution in [0, 0.1) is 11.8 Å². The van der Waals surface area contributed by atoms with Crippen LogP contribution in [0.5, 0.6) is 0 Å². The van der Waals surface area contributed by atoms with E-state index in [4.69, 9.17) is 19.4 Å². The summed E-state index contributed by atoms with van der Waals surface area (Å²) < 4.78 is 9.62. The molecule has 3 fully saturated rings. The number of alkyl carbamates (subject to hydrolysis) is 2. The third-order valence-electron chi connectivity index (χ3n) is 12.6. The van der Waals surface area contributed by atoms with Gasteiger partial charge in [0.1, 0.15) is 23.7 Å². The monoisotopic (exact) mass is 772 g/mol. The van der Waals surface area contributed by atoms with Crippen molar-refractivity contribution >= 4 is 24.0 Å². The van der Waals surface area contributed by atoms with E-state index in [9.17, 15) is 19.2 Å². The number of aromatic nitrogens is 4. The third kappa shape index (κ3) is 8.89.